The molecule has 0 unspecified atom stereocenters. The predicted octanol–water partition coefficient (Wildman–Crippen LogP) is 4.20. The zero-order chi connectivity index (χ0) is 16.1. The Morgan fingerprint density at radius 3 is 1.65 bits per heavy atom. The lowest BCUT2D eigenvalue weighted by Gasteiger charge is -2.30. The Morgan fingerprint density at radius 2 is 1.22 bits per heavy atom. The molecule has 0 bridgehead atoms. The van der Waals surface area contributed by atoms with Gasteiger partial charge < -0.3 is 4.43 Å². The van der Waals surface area contributed by atoms with Crippen LogP contribution in [0.1, 0.15) is 0 Å². The normalized spacial score (nSPS) is 11.0. The highest BCUT2D eigenvalue weighted by Crippen LogP contribution is 2.20. The molecule has 0 aliphatic carbocycles. The first-order valence-electron chi connectivity index (χ1n) is 7.44. The number of halogens is 1. The number of benzene rings is 3. The zero-order valence-electron chi connectivity index (χ0n) is 12.7. The lowest BCUT2D eigenvalue weighted by molar-refractivity contribution is 0.576. The van der Waals surface area contributed by atoms with E-state index in [2.05, 4.69) is 30.8 Å². The smallest absolute Gasteiger partial charge is 0.339 e. The van der Waals surface area contributed by atoms with Crippen molar-refractivity contribution in [2.24, 2.45) is 0 Å². The summed E-state index contributed by atoms with van der Waals surface area (Å²) in [5, 5.41) is 3.02. The molecule has 0 amide bonds. The summed E-state index contributed by atoms with van der Waals surface area (Å²) in [5.74, 6) is 0.800. The Bertz CT molecular complexity index is 730. The van der Waals surface area contributed by atoms with E-state index < -0.39 is 8.32 Å². The van der Waals surface area contributed by atoms with Crippen molar-refractivity contribution in [3.63, 3.8) is 0 Å². The predicted molar refractivity (Wildman–Crippen MR) is 100 cm³/mol. The maximum Gasteiger partial charge on any atom is 0.339 e. The van der Waals surface area contributed by atoms with E-state index in [1.54, 1.807) is 0 Å². The summed E-state index contributed by atoms with van der Waals surface area (Å²) < 4.78 is 6.54. The van der Waals surface area contributed by atoms with Crippen LogP contribution in [0, 0.1) is 0 Å². The van der Waals surface area contributed by atoms with Crippen molar-refractivity contribution in [3.8, 4) is 5.75 Å². The van der Waals surface area contributed by atoms with Gasteiger partial charge in [0.25, 0.3) is 0 Å². The minimum atomic E-state index is -2.56. The molecule has 0 aliphatic heterocycles. The molecule has 3 heteroatoms. The Hall–Kier alpha value is -2.29. The van der Waals surface area contributed by atoms with E-state index in [0.717, 1.165) is 16.1 Å². The molecular weight excluding hydrogens is 320 g/mol. The van der Waals surface area contributed by atoms with Gasteiger partial charge in [-0.3, -0.25) is 0 Å². The summed E-state index contributed by atoms with van der Waals surface area (Å²) in [5.41, 5.74) is 1.98. The van der Waals surface area contributed by atoms with E-state index in [1.165, 1.54) is 0 Å². The van der Waals surface area contributed by atoms with Crippen molar-refractivity contribution in [2.75, 3.05) is 0 Å². The largest absolute Gasteiger partial charge is 0.531 e. The SMILES string of the molecule is C=C[Si](Oc1ccc(Cl)cc1)(c1ccccc1)c1ccccc1. The van der Waals surface area contributed by atoms with Crippen LogP contribution in [-0.4, -0.2) is 8.32 Å². The quantitative estimate of drug-likeness (QED) is 0.634. The van der Waals surface area contributed by atoms with Crippen molar-refractivity contribution in [2.45, 2.75) is 0 Å². The third kappa shape index (κ3) is 3.23. The molecule has 23 heavy (non-hydrogen) atoms. The second-order valence-electron chi connectivity index (χ2n) is 5.23. The standard InChI is InChI=1S/C20H17ClOSi/c1-2-23(19-9-5-3-6-10-19,20-11-7-4-8-12-20)22-18-15-13-17(21)14-16-18/h2-16H,1H2. The fourth-order valence-electron chi connectivity index (χ4n) is 2.62. The molecule has 3 rings (SSSR count). The van der Waals surface area contributed by atoms with Gasteiger partial charge in [-0.05, 0) is 34.6 Å². The Morgan fingerprint density at radius 1 is 0.739 bits per heavy atom. The first-order chi connectivity index (χ1) is 11.2. The fourth-order valence-corrected chi connectivity index (χ4v) is 5.75. The van der Waals surface area contributed by atoms with Gasteiger partial charge in [-0.15, -0.1) is 6.58 Å². The van der Waals surface area contributed by atoms with Gasteiger partial charge in [-0.2, -0.15) is 0 Å². The maximum atomic E-state index is 6.54. The topological polar surface area (TPSA) is 9.23 Å². The van der Waals surface area contributed by atoms with Gasteiger partial charge in [0.05, 0.1) is 0 Å². The van der Waals surface area contributed by atoms with Crippen LogP contribution >= 0.6 is 11.6 Å². The molecule has 0 N–H and O–H groups in total. The Balaban J connectivity index is 2.13. The monoisotopic (exact) mass is 336 g/mol. The van der Waals surface area contributed by atoms with E-state index in [4.69, 9.17) is 16.0 Å². The summed E-state index contributed by atoms with van der Waals surface area (Å²) in [6.45, 7) is 4.11. The van der Waals surface area contributed by atoms with Crippen LogP contribution in [0.25, 0.3) is 0 Å². The van der Waals surface area contributed by atoms with Gasteiger partial charge >= 0.3 is 8.32 Å². The molecule has 0 heterocycles. The van der Waals surface area contributed by atoms with Gasteiger partial charge in [-0.25, -0.2) is 0 Å². The molecule has 3 aromatic carbocycles. The second kappa shape index (κ2) is 6.86. The first-order valence-corrected chi connectivity index (χ1v) is 9.80. The second-order valence-corrected chi connectivity index (χ2v) is 8.90. The van der Waals surface area contributed by atoms with Crippen LogP contribution < -0.4 is 14.8 Å². The summed E-state index contributed by atoms with van der Waals surface area (Å²) in [6.07, 6.45) is 0. The third-order valence-corrected chi connectivity index (χ3v) is 7.55. The molecule has 0 aliphatic rings. The molecule has 0 radical (unpaired) electrons. The molecular formula is C20H17ClOSi. The van der Waals surface area contributed by atoms with E-state index in [1.807, 2.05) is 66.4 Å². The lowest BCUT2D eigenvalue weighted by Crippen LogP contribution is -2.62. The minimum absolute atomic E-state index is 0.697. The van der Waals surface area contributed by atoms with Crippen molar-refractivity contribution in [1.82, 2.24) is 0 Å². The maximum absolute atomic E-state index is 6.54. The zero-order valence-corrected chi connectivity index (χ0v) is 14.4. The molecule has 0 atom stereocenters. The van der Waals surface area contributed by atoms with Crippen molar-refractivity contribution in [3.05, 3.63) is 102 Å². The number of rotatable bonds is 5. The average Bonchev–Trinajstić information content (AvgIpc) is 2.63. The highest BCUT2D eigenvalue weighted by Gasteiger charge is 2.38. The van der Waals surface area contributed by atoms with Gasteiger partial charge in [0.2, 0.25) is 0 Å². The van der Waals surface area contributed by atoms with Crippen LogP contribution in [0.15, 0.2) is 97.2 Å². The molecule has 0 saturated carbocycles. The molecule has 3 aromatic rings. The van der Waals surface area contributed by atoms with E-state index >= 15 is 0 Å². The highest BCUT2D eigenvalue weighted by molar-refractivity contribution is 7.01. The Kier molecular flexibility index (Phi) is 4.65. The summed E-state index contributed by atoms with van der Waals surface area (Å²) in [6, 6.07) is 28.1. The van der Waals surface area contributed by atoms with E-state index in [9.17, 15) is 0 Å². The molecule has 0 aromatic heterocycles. The molecule has 114 valence electrons. The van der Waals surface area contributed by atoms with Crippen LogP contribution in [-0.2, 0) is 0 Å². The summed E-state index contributed by atoms with van der Waals surface area (Å²) >= 11 is 5.99. The first kappa shape index (κ1) is 15.6. The van der Waals surface area contributed by atoms with Crippen molar-refractivity contribution >= 4 is 30.3 Å². The van der Waals surface area contributed by atoms with E-state index in [-0.39, 0.29) is 0 Å². The van der Waals surface area contributed by atoms with Gasteiger partial charge in [-0.1, -0.05) is 78.0 Å². The molecule has 0 fully saturated rings. The van der Waals surface area contributed by atoms with Gasteiger partial charge in [0.1, 0.15) is 5.75 Å². The van der Waals surface area contributed by atoms with Crippen LogP contribution in [0.4, 0.5) is 0 Å². The highest BCUT2D eigenvalue weighted by atomic mass is 35.5. The van der Waals surface area contributed by atoms with Gasteiger partial charge in [0, 0.05) is 5.02 Å². The third-order valence-electron chi connectivity index (χ3n) is 3.79. The molecule has 0 saturated heterocycles. The van der Waals surface area contributed by atoms with Crippen molar-refractivity contribution in [1.29, 1.82) is 0 Å². The van der Waals surface area contributed by atoms with Crippen LogP contribution in [0.3, 0.4) is 0 Å². The fraction of sp³-hybridized carbons (Fsp3) is 0. The van der Waals surface area contributed by atoms with Crippen molar-refractivity contribution < 1.29 is 4.43 Å². The van der Waals surface area contributed by atoms with E-state index in [0.29, 0.717) is 5.02 Å². The van der Waals surface area contributed by atoms with Crippen LogP contribution in [0.2, 0.25) is 5.02 Å². The average molecular weight is 337 g/mol. The molecule has 0 spiro atoms. The molecule has 1 nitrogen and oxygen atoms in total. The number of hydrogen-bond donors (Lipinski definition) is 0. The summed E-state index contributed by atoms with van der Waals surface area (Å²) in [4.78, 5) is 0. The van der Waals surface area contributed by atoms with Crippen LogP contribution in [0.5, 0.6) is 5.75 Å². The van der Waals surface area contributed by atoms with Gasteiger partial charge in [0.15, 0.2) is 0 Å². The number of hydrogen-bond acceptors (Lipinski definition) is 1. The lowest BCUT2D eigenvalue weighted by atomic mass is 10.3. The minimum Gasteiger partial charge on any atom is -0.531 e. The Labute approximate surface area is 143 Å². The summed E-state index contributed by atoms with van der Waals surface area (Å²) in [7, 11) is -2.56.